The van der Waals surface area contributed by atoms with E-state index in [0.717, 1.165) is 41.8 Å². The molecule has 0 unspecified atom stereocenters. The minimum atomic E-state index is -0.0826. The normalized spacial score (nSPS) is 13.1. The molecule has 142 valence electrons. The van der Waals surface area contributed by atoms with Crippen LogP contribution >= 0.6 is 0 Å². The molecule has 1 aliphatic rings. The number of hydrogen-bond donors (Lipinski definition) is 1. The average Bonchev–Trinajstić information content (AvgIpc) is 2.67. The number of nitrogens with zero attached hydrogens (tertiary/aromatic N) is 1. The lowest BCUT2D eigenvalue weighted by molar-refractivity contribution is -0.121. The van der Waals surface area contributed by atoms with E-state index in [2.05, 4.69) is 12.2 Å². The molecule has 0 fully saturated rings. The number of aryl methyl sites for hydroxylation is 1. The molecule has 1 aliphatic heterocycles. The minimum Gasteiger partial charge on any atom is -0.482 e. The van der Waals surface area contributed by atoms with Crippen LogP contribution in [0.15, 0.2) is 42.5 Å². The van der Waals surface area contributed by atoms with Crippen LogP contribution in [0.3, 0.4) is 0 Å². The van der Waals surface area contributed by atoms with E-state index >= 15 is 0 Å². The second kappa shape index (κ2) is 8.71. The number of rotatable bonds is 7. The van der Waals surface area contributed by atoms with Crippen molar-refractivity contribution < 1.29 is 14.3 Å². The van der Waals surface area contributed by atoms with Crippen molar-refractivity contribution in [2.75, 3.05) is 18.1 Å². The van der Waals surface area contributed by atoms with Crippen molar-refractivity contribution in [3.63, 3.8) is 0 Å². The van der Waals surface area contributed by atoms with Gasteiger partial charge in [0.1, 0.15) is 5.75 Å². The molecule has 3 rings (SSSR count). The Labute approximate surface area is 160 Å². The van der Waals surface area contributed by atoms with Crippen LogP contribution in [0.1, 0.15) is 47.7 Å². The van der Waals surface area contributed by atoms with E-state index in [0.29, 0.717) is 18.7 Å². The molecule has 2 aromatic rings. The highest BCUT2D eigenvalue weighted by molar-refractivity contribution is 5.98. The maximum absolute atomic E-state index is 12.4. The average molecular weight is 366 g/mol. The van der Waals surface area contributed by atoms with Crippen LogP contribution in [0.2, 0.25) is 0 Å². The largest absolute Gasteiger partial charge is 0.482 e. The number of unbranched alkanes of at least 4 members (excludes halogenated alkanes) is 2. The predicted octanol–water partition coefficient (Wildman–Crippen LogP) is 3.84. The Kier molecular flexibility index (Phi) is 6.12. The third-order valence-corrected chi connectivity index (χ3v) is 4.65. The van der Waals surface area contributed by atoms with Crippen LogP contribution in [0, 0.1) is 6.92 Å². The Morgan fingerprint density at radius 3 is 2.85 bits per heavy atom. The van der Waals surface area contributed by atoms with Gasteiger partial charge in [0, 0.05) is 12.1 Å². The van der Waals surface area contributed by atoms with Crippen LogP contribution in [0.25, 0.3) is 0 Å². The molecule has 0 aromatic heterocycles. The molecule has 0 spiro atoms. The summed E-state index contributed by atoms with van der Waals surface area (Å²) in [4.78, 5) is 26.4. The van der Waals surface area contributed by atoms with Gasteiger partial charge in [-0.05, 0) is 48.7 Å². The van der Waals surface area contributed by atoms with E-state index in [1.165, 1.54) is 0 Å². The van der Waals surface area contributed by atoms with E-state index in [9.17, 15) is 9.59 Å². The number of nitrogens with one attached hydrogen (secondary N) is 1. The van der Waals surface area contributed by atoms with Gasteiger partial charge in [0.25, 0.3) is 11.8 Å². The van der Waals surface area contributed by atoms with Crippen molar-refractivity contribution in [1.82, 2.24) is 5.32 Å². The summed E-state index contributed by atoms with van der Waals surface area (Å²) in [5.74, 6) is 0.567. The number of carbonyl (C=O) groups is 2. The minimum absolute atomic E-state index is 0.0358. The standard InChI is InChI=1S/C22H26N2O3/c1-3-4-5-11-23-22(26)18-8-6-7-17(13-18)14-24-19-10-9-16(2)12-20(19)27-15-21(24)25/h6-10,12-13H,3-5,11,14-15H2,1-2H3,(H,23,26). The van der Waals surface area contributed by atoms with E-state index in [1.807, 2.05) is 43.3 Å². The zero-order chi connectivity index (χ0) is 19.2. The first-order chi connectivity index (χ1) is 13.1. The Morgan fingerprint density at radius 1 is 1.19 bits per heavy atom. The van der Waals surface area contributed by atoms with Crippen molar-refractivity contribution in [3.05, 3.63) is 59.2 Å². The SMILES string of the molecule is CCCCCNC(=O)c1cccc(CN2C(=O)COc3cc(C)ccc32)c1. The fraction of sp³-hybridized carbons (Fsp3) is 0.364. The Balaban J connectivity index is 1.73. The fourth-order valence-corrected chi connectivity index (χ4v) is 3.16. The topological polar surface area (TPSA) is 58.6 Å². The number of anilines is 1. The van der Waals surface area contributed by atoms with Gasteiger partial charge in [-0.1, -0.05) is 38.0 Å². The van der Waals surface area contributed by atoms with Crippen LogP contribution in [0.4, 0.5) is 5.69 Å². The maximum atomic E-state index is 12.4. The van der Waals surface area contributed by atoms with Gasteiger partial charge in [-0.25, -0.2) is 0 Å². The first-order valence-corrected chi connectivity index (χ1v) is 9.49. The van der Waals surface area contributed by atoms with Gasteiger partial charge in [-0.15, -0.1) is 0 Å². The molecule has 5 heteroatoms. The highest BCUT2D eigenvalue weighted by Crippen LogP contribution is 2.33. The van der Waals surface area contributed by atoms with Crippen LogP contribution in [0.5, 0.6) is 5.75 Å². The maximum Gasteiger partial charge on any atom is 0.265 e. The lowest BCUT2D eigenvalue weighted by Gasteiger charge is -2.29. The molecular formula is C22H26N2O3. The molecule has 27 heavy (non-hydrogen) atoms. The van der Waals surface area contributed by atoms with Crippen LogP contribution < -0.4 is 15.0 Å². The quantitative estimate of drug-likeness (QED) is 0.758. The smallest absolute Gasteiger partial charge is 0.265 e. The number of hydrogen-bond acceptors (Lipinski definition) is 3. The van der Waals surface area contributed by atoms with Gasteiger partial charge in [0.05, 0.1) is 12.2 Å². The van der Waals surface area contributed by atoms with Crippen LogP contribution in [-0.2, 0) is 11.3 Å². The summed E-state index contributed by atoms with van der Waals surface area (Å²) >= 11 is 0. The third kappa shape index (κ3) is 4.67. The summed E-state index contributed by atoms with van der Waals surface area (Å²) in [6.45, 7) is 5.26. The zero-order valence-electron chi connectivity index (χ0n) is 16.0. The number of benzene rings is 2. The Morgan fingerprint density at radius 2 is 2.04 bits per heavy atom. The molecular weight excluding hydrogens is 340 g/mol. The van der Waals surface area contributed by atoms with Gasteiger partial charge in [0.15, 0.2) is 6.61 Å². The number of fused-ring (bicyclic) bond motifs is 1. The summed E-state index contributed by atoms with van der Waals surface area (Å²) in [5.41, 5.74) is 3.39. The first kappa shape index (κ1) is 19.0. The monoisotopic (exact) mass is 366 g/mol. The summed E-state index contributed by atoms with van der Waals surface area (Å²) in [7, 11) is 0. The third-order valence-electron chi connectivity index (χ3n) is 4.65. The molecule has 0 radical (unpaired) electrons. The molecule has 5 nitrogen and oxygen atoms in total. The van der Waals surface area contributed by atoms with E-state index in [1.54, 1.807) is 11.0 Å². The summed E-state index contributed by atoms with van der Waals surface area (Å²) in [5, 5.41) is 2.96. The van der Waals surface area contributed by atoms with Crippen LogP contribution in [-0.4, -0.2) is 25.0 Å². The summed E-state index contributed by atoms with van der Waals surface area (Å²) in [6.07, 6.45) is 3.22. The zero-order valence-corrected chi connectivity index (χ0v) is 16.0. The van der Waals surface area contributed by atoms with Gasteiger partial charge >= 0.3 is 0 Å². The van der Waals surface area contributed by atoms with Crippen molar-refractivity contribution in [3.8, 4) is 5.75 Å². The van der Waals surface area contributed by atoms with Crippen molar-refractivity contribution >= 4 is 17.5 Å². The van der Waals surface area contributed by atoms with Gasteiger partial charge in [0.2, 0.25) is 0 Å². The van der Waals surface area contributed by atoms with E-state index in [-0.39, 0.29) is 18.4 Å². The fourth-order valence-electron chi connectivity index (χ4n) is 3.16. The molecule has 0 aliphatic carbocycles. The lowest BCUT2D eigenvalue weighted by Crippen LogP contribution is -2.38. The molecule has 0 atom stereocenters. The van der Waals surface area contributed by atoms with Crippen molar-refractivity contribution in [2.45, 2.75) is 39.7 Å². The summed E-state index contributed by atoms with van der Waals surface area (Å²) < 4.78 is 5.56. The van der Waals surface area contributed by atoms with Gasteiger partial charge < -0.3 is 15.0 Å². The second-order valence-corrected chi connectivity index (χ2v) is 6.90. The molecule has 0 bridgehead atoms. The number of ether oxygens (including phenoxy) is 1. The van der Waals surface area contributed by atoms with Crippen molar-refractivity contribution in [2.24, 2.45) is 0 Å². The molecule has 2 amide bonds. The van der Waals surface area contributed by atoms with Gasteiger partial charge in [-0.3, -0.25) is 9.59 Å². The molecule has 0 saturated carbocycles. The lowest BCUT2D eigenvalue weighted by atomic mass is 10.1. The highest BCUT2D eigenvalue weighted by Gasteiger charge is 2.25. The highest BCUT2D eigenvalue weighted by atomic mass is 16.5. The van der Waals surface area contributed by atoms with E-state index in [4.69, 9.17) is 4.74 Å². The predicted molar refractivity (Wildman–Crippen MR) is 106 cm³/mol. The Hall–Kier alpha value is -2.82. The molecule has 2 aromatic carbocycles. The van der Waals surface area contributed by atoms with Crippen molar-refractivity contribution in [1.29, 1.82) is 0 Å². The second-order valence-electron chi connectivity index (χ2n) is 6.90. The number of amides is 2. The number of carbonyl (C=O) groups excluding carboxylic acids is 2. The molecule has 1 N–H and O–H groups in total. The summed E-state index contributed by atoms with van der Waals surface area (Å²) in [6, 6.07) is 13.3. The van der Waals surface area contributed by atoms with Gasteiger partial charge in [-0.2, -0.15) is 0 Å². The molecule has 1 heterocycles. The Bertz CT molecular complexity index is 832. The first-order valence-electron chi connectivity index (χ1n) is 9.49. The molecule has 0 saturated heterocycles. The van der Waals surface area contributed by atoms with E-state index < -0.39 is 0 Å².